The fraction of sp³-hybridized carbons (Fsp3) is 0.312. The average Bonchev–Trinajstić information content (AvgIpc) is 2.90. The van der Waals surface area contributed by atoms with E-state index in [0.717, 1.165) is 29.0 Å². The monoisotopic (exact) mass is 318 g/mol. The number of carbonyl (C=O) groups is 2. The van der Waals surface area contributed by atoms with Gasteiger partial charge in [-0.15, -0.1) is 11.3 Å². The van der Waals surface area contributed by atoms with Crippen LogP contribution in [0.1, 0.15) is 39.8 Å². The third-order valence-corrected chi connectivity index (χ3v) is 4.34. The molecule has 1 amide bonds. The molecule has 0 radical (unpaired) electrons. The van der Waals surface area contributed by atoms with Gasteiger partial charge in [0, 0.05) is 5.69 Å². The van der Waals surface area contributed by atoms with Crippen LogP contribution >= 0.6 is 11.3 Å². The molecule has 116 valence electrons. The van der Waals surface area contributed by atoms with Crippen LogP contribution in [0.5, 0.6) is 0 Å². The lowest BCUT2D eigenvalue weighted by Gasteiger charge is -2.08. The molecule has 6 heteroatoms. The summed E-state index contributed by atoms with van der Waals surface area (Å²) in [4.78, 5) is 27.7. The minimum atomic E-state index is -0.989. The third-order valence-electron chi connectivity index (χ3n) is 3.25. The van der Waals surface area contributed by atoms with Crippen LogP contribution in [-0.4, -0.2) is 22.0 Å². The van der Waals surface area contributed by atoms with E-state index in [2.05, 4.69) is 10.3 Å². The van der Waals surface area contributed by atoms with Gasteiger partial charge in [-0.2, -0.15) is 0 Å². The van der Waals surface area contributed by atoms with Gasteiger partial charge in [0.15, 0.2) is 0 Å². The average molecular weight is 318 g/mol. The Bertz CT molecular complexity index is 694. The zero-order valence-corrected chi connectivity index (χ0v) is 13.4. The smallest absolute Gasteiger partial charge is 0.347 e. The molecule has 0 aliphatic rings. The summed E-state index contributed by atoms with van der Waals surface area (Å²) in [7, 11) is 0. The number of nitrogens with zero attached hydrogens (tertiary/aromatic N) is 1. The Morgan fingerprint density at radius 1 is 1.23 bits per heavy atom. The lowest BCUT2D eigenvalue weighted by Crippen LogP contribution is -2.15. The third kappa shape index (κ3) is 3.71. The van der Waals surface area contributed by atoms with E-state index in [4.69, 9.17) is 5.11 Å². The van der Waals surface area contributed by atoms with Gasteiger partial charge in [0.05, 0.1) is 12.1 Å². The molecule has 0 atom stereocenters. The molecule has 0 spiro atoms. The van der Waals surface area contributed by atoms with Gasteiger partial charge in [-0.3, -0.25) is 4.79 Å². The highest BCUT2D eigenvalue weighted by molar-refractivity contribution is 7.13. The molecule has 2 aromatic rings. The van der Waals surface area contributed by atoms with Crippen molar-refractivity contribution in [2.75, 3.05) is 5.32 Å². The molecule has 22 heavy (non-hydrogen) atoms. The summed E-state index contributed by atoms with van der Waals surface area (Å²) in [5.41, 5.74) is 2.39. The molecular formula is C16H18N2O3S. The van der Waals surface area contributed by atoms with Crippen LogP contribution in [0.25, 0.3) is 0 Å². The normalized spacial score (nSPS) is 10.5. The van der Waals surface area contributed by atoms with Crippen molar-refractivity contribution < 1.29 is 14.7 Å². The minimum absolute atomic E-state index is 0.0863. The molecule has 1 heterocycles. The number of hydrogen-bond acceptors (Lipinski definition) is 4. The van der Waals surface area contributed by atoms with E-state index in [0.29, 0.717) is 17.1 Å². The summed E-state index contributed by atoms with van der Waals surface area (Å²) in [5.74, 6) is -1.17. The first-order valence-corrected chi connectivity index (χ1v) is 7.96. The van der Waals surface area contributed by atoms with Crippen LogP contribution < -0.4 is 5.32 Å². The lowest BCUT2D eigenvalue weighted by atomic mass is 10.1. The summed E-state index contributed by atoms with van der Waals surface area (Å²) >= 11 is 1.07. The van der Waals surface area contributed by atoms with Crippen molar-refractivity contribution in [3.8, 4) is 0 Å². The summed E-state index contributed by atoms with van der Waals surface area (Å²) in [5, 5.41) is 12.5. The number of rotatable bonds is 6. The highest BCUT2D eigenvalue weighted by Gasteiger charge is 2.17. The summed E-state index contributed by atoms with van der Waals surface area (Å²) in [6.45, 7) is 3.88. The molecule has 2 N–H and O–H groups in total. The topological polar surface area (TPSA) is 79.3 Å². The highest BCUT2D eigenvalue weighted by atomic mass is 32.1. The molecule has 0 saturated carbocycles. The maximum atomic E-state index is 12.1. The summed E-state index contributed by atoms with van der Waals surface area (Å²) in [6, 6.07) is 7.63. The quantitative estimate of drug-likeness (QED) is 0.857. The summed E-state index contributed by atoms with van der Waals surface area (Å²) in [6.07, 6.45) is 1.46. The van der Waals surface area contributed by atoms with Gasteiger partial charge < -0.3 is 10.4 Å². The van der Waals surface area contributed by atoms with Crippen molar-refractivity contribution in [1.29, 1.82) is 0 Å². The highest BCUT2D eigenvalue weighted by Crippen LogP contribution is 2.21. The number of aromatic nitrogens is 1. The molecular weight excluding hydrogens is 300 g/mol. The molecule has 2 rings (SSSR count). The molecule has 0 saturated heterocycles. The van der Waals surface area contributed by atoms with Gasteiger partial charge in [0.1, 0.15) is 9.88 Å². The molecule has 0 unspecified atom stereocenters. The maximum Gasteiger partial charge on any atom is 0.347 e. The second kappa shape index (κ2) is 7.17. The predicted octanol–water partition coefficient (Wildman–Crippen LogP) is 3.15. The number of carboxylic acid groups (broad SMARTS) is 1. The molecule has 0 bridgehead atoms. The number of hydrogen-bond donors (Lipinski definition) is 2. The van der Waals surface area contributed by atoms with Crippen molar-refractivity contribution in [3.05, 3.63) is 45.4 Å². The standard InChI is InChI=1S/C16H18N2O3S/c1-3-10-7-5-6-8-12(10)17-13(19)9-14-18-11(4-2)15(22-14)16(20)21/h5-8H,3-4,9H2,1-2H3,(H,17,19)(H,20,21). The number of para-hydroxylation sites is 1. The minimum Gasteiger partial charge on any atom is -0.477 e. The van der Waals surface area contributed by atoms with Gasteiger partial charge in [0.2, 0.25) is 5.91 Å². The van der Waals surface area contributed by atoms with E-state index in [9.17, 15) is 9.59 Å². The predicted molar refractivity (Wildman–Crippen MR) is 86.6 cm³/mol. The van der Waals surface area contributed by atoms with Gasteiger partial charge in [-0.1, -0.05) is 32.0 Å². The Balaban J connectivity index is 2.11. The van der Waals surface area contributed by atoms with E-state index < -0.39 is 5.97 Å². The number of nitrogens with one attached hydrogen (secondary N) is 1. The van der Waals surface area contributed by atoms with Gasteiger partial charge in [-0.25, -0.2) is 9.78 Å². The molecule has 0 aliphatic heterocycles. The van der Waals surface area contributed by atoms with E-state index in [1.54, 1.807) is 0 Å². The number of amides is 1. The van der Waals surface area contributed by atoms with E-state index in [-0.39, 0.29) is 17.2 Å². The number of carboxylic acids is 1. The number of aromatic carboxylic acids is 1. The van der Waals surface area contributed by atoms with Crippen LogP contribution in [0.4, 0.5) is 5.69 Å². The first-order valence-electron chi connectivity index (χ1n) is 7.14. The zero-order chi connectivity index (χ0) is 16.1. The Morgan fingerprint density at radius 3 is 2.55 bits per heavy atom. The number of thiazole rings is 1. The first-order chi connectivity index (χ1) is 10.5. The number of benzene rings is 1. The van der Waals surface area contributed by atoms with Gasteiger partial charge in [-0.05, 0) is 24.5 Å². The lowest BCUT2D eigenvalue weighted by molar-refractivity contribution is -0.115. The Kier molecular flexibility index (Phi) is 5.27. The van der Waals surface area contributed by atoms with Crippen molar-refractivity contribution in [3.63, 3.8) is 0 Å². The first kappa shape index (κ1) is 16.2. The van der Waals surface area contributed by atoms with Crippen LogP contribution in [0.3, 0.4) is 0 Å². The van der Waals surface area contributed by atoms with E-state index in [1.807, 2.05) is 38.1 Å². The fourth-order valence-corrected chi connectivity index (χ4v) is 3.16. The molecule has 0 aliphatic carbocycles. The number of carbonyl (C=O) groups excluding carboxylic acids is 1. The molecule has 5 nitrogen and oxygen atoms in total. The van der Waals surface area contributed by atoms with Crippen molar-refractivity contribution in [2.24, 2.45) is 0 Å². The SMILES string of the molecule is CCc1ccccc1NC(=O)Cc1nc(CC)c(C(=O)O)s1. The summed E-state index contributed by atoms with van der Waals surface area (Å²) < 4.78 is 0. The van der Waals surface area contributed by atoms with Crippen molar-refractivity contribution in [1.82, 2.24) is 4.98 Å². The largest absolute Gasteiger partial charge is 0.477 e. The van der Waals surface area contributed by atoms with Crippen LogP contribution in [0.15, 0.2) is 24.3 Å². The van der Waals surface area contributed by atoms with E-state index in [1.165, 1.54) is 0 Å². The second-order valence-electron chi connectivity index (χ2n) is 4.78. The van der Waals surface area contributed by atoms with Crippen LogP contribution in [0.2, 0.25) is 0 Å². The molecule has 0 fully saturated rings. The maximum absolute atomic E-state index is 12.1. The zero-order valence-electron chi connectivity index (χ0n) is 12.5. The van der Waals surface area contributed by atoms with E-state index >= 15 is 0 Å². The van der Waals surface area contributed by atoms with Crippen LogP contribution in [-0.2, 0) is 24.1 Å². The van der Waals surface area contributed by atoms with Crippen LogP contribution in [0, 0.1) is 0 Å². The number of anilines is 1. The van der Waals surface area contributed by atoms with Gasteiger partial charge in [0.25, 0.3) is 0 Å². The Labute approximate surface area is 133 Å². The number of aryl methyl sites for hydroxylation is 2. The fourth-order valence-electron chi connectivity index (χ4n) is 2.17. The Morgan fingerprint density at radius 2 is 1.95 bits per heavy atom. The molecule has 1 aromatic heterocycles. The van der Waals surface area contributed by atoms with Crippen molar-refractivity contribution in [2.45, 2.75) is 33.1 Å². The Hall–Kier alpha value is -2.21. The van der Waals surface area contributed by atoms with Gasteiger partial charge >= 0.3 is 5.97 Å². The van der Waals surface area contributed by atoms with Crippen molar-refractivity contribution >= 4 is 28.9 Å². The second-order valence-corrected chi connectivity index (χ2v) is 5.86. The molecule has 1 aromatic carbocycles.